The average molecular weight is 270 g/mol. The summed E-state index contributed by atoms with van der Waals surface area (Å²) in [6.07, 6.45) is 1.10. The maximum Gasteiger partial charge on any atom is 0.339 e. The summed E-state index contributed by atoms with van der Waals surface area (Å²) in [6, 6.07) is 1.00. The minimum Gasteiger partial charge on any atom is -0.465 e. The minimum absolute atomic E-state index is 0.0406. The summed E-state index contributed by atoms with van der Waals surface area (Å²) >= 11 is 5.50. The molecule has 0 aliphatic rings. The van der Waals surface area contributed by atoms with Gasteiger partial charge < -0.3 is 4.74 Å². The molecule has 1 aromatic rings. The number of halogens is 2. The number of aromatic nitrogens is 1. The highest BCUT2D eigenvalue weighted by Crippen LogP contribution is 2.23. The molecule has 0 N–H and O–H groups in total. The zero-order chi connectivity index (χ0) is 11.6. The van der Waals surface area contributed by atoms with E-state index in [9.17, 15) is 13.2 Å². The third-order valence-corrected chi connectivity index (χ3v) is 3.24. The van der Waals surface area contributed by atoms with Crippen LogP contribution in [0.5, 0.6) is 0 Å². The summed E-state index contributed by atoms with van der Waals surface area (Å²) in [6.45, 7) is 0. The van der Waals surface area contributed by atoms with Gasteiger partial charge in [0.1, 0.15) is 10.0 Å². The number of rotatable bonds is 2. The van der Waals surface area contributed by atoms with Gasteiger partial charge in [0.2, 0.25) is 0 Å². The smallest absolute Gasteiger partial charge is 0.339 e. The van der Waals surface area contributed by atoms with Gasteiger partial charge in [0.05, 0.1) is 12.7 Å². The number of hydrogen-bond donors (Lipinski definition) is 0. The van der Waals surface area contributed by atoms with Crippen LogP contribution in [0.1, 0.15) is 10.4 Å². The lowest BCUT2D eigenvalue weighted by atomic mass is 10.3. The third kappa shape index (κ3) is 2.80. The molecule has 15 heavy (non-hydrogen) atoms. The van der Waals surface area contributed by atoms with Crippen molar-refractivity contribution in [2.75, 3.05) is 7.11 Å². The molecule has 0 atom stereocenters. The maximum atomic E-state index is 11.1. The van der Waals surface area contributed by atoms with Crippen molar-refractivity contribution in [2.24, 2.45) is 0 Å². The molecule has 1 rings (SSSR count). The lowest BCUT2D eigenvalue weighted by molar-refractivity contribution is 0.0600. The quantitative estimate of drug-likeness (QED) is 0.462. The number of carbonyl (C=O) groups is 1. The van der Waals surface area contributed by atoms with Crippen molar-refractivity contribution in [1.82, 2.24) is 4.98 Å². The Morgan fingerprint density at radius 2 is 2.13 bits per heavy atom. The van der Waals surface area contributed by atoms with E-state index in [1.807, 2.05) is 0 Å². The summed E-state index contributed by atoms with van der Waals surface area (Å²) in [4.78, 5) is 14.2. The summed E-state index contributed by atoms with van der Waals surface area (Å²) in [5.74, 6) is -0.722. The van der Waals surface area contributed by atoms with Gasteiger partial charge in [0.15, 0.2) is 0 Å². The van der Waals surface area contributed by atoms with Gasteiger partial charge in [-0.2, -0.15) is 0 Å². The van der Waals surface area contributed by atoms with Crippen LogP contribution in [0.3, 0.4) is 0 Å². The van der Waals surface area contributed by atoms with Crippen LogP contribution >= 0.6 is 22.3 Å². The Balaban J connectivity index is 3.36. The van der Waals surface area contributed by atoms with Crippen LogP contribution in [0.4, 0.5) is 0 Å². The van der Waals surface area contributed by atoms with Crippen LogP contribution in [0.25, 0.3) is 0 Å². The molecule has 5 nitrogen and oxygen atoms in total. The molecular formula is C7H5Cl2NO4S. The van der Waals surface area contributed by atoms with Crippen LogP contribution in [0, 0.1) is 0 Å². The highest BCUT2D eigenvalue weighted by atomic mass is 35.7. The molecule has 0 aliphatic carbocycles. The number of hydrogen-bond acceptors (Lipinski definition) is 5. The molecule has 0 saturated carbocycles. The first kappa shape index (κ1) is 12.2. The molecule has 0 radical (unpaired) electrons. The SMILES string of the molecule is COC(=O)c1cnc(Cl)c(S(=O)(=O)Cl)c1. The highest BCUT2D eigenvalue weighted by molar-refractivity contribution is 8.13. The fraction of sp³-hybridized carbons (Fsp3) is 0.143. The molecule has 0 unspecified atom stereocenters. The molecule has 8 heteroatoms. The number of methoxy groups -OCH3 is 1. The molecule has 0 aliphatic heterocycles. The highest BCUT2D eigenvalue weighted by Gasteiger charge is 2.19. The molecule has 0 bridgehead atoms. The van der Waals surface area contributed by atoms with E-state index in [0.29, 0.717) is 0 Å². The van der Waals surface area contributed by atoms with E-state index in [4.69, 9.17) is 22.3 Å². The van der Waals surface area contributed by atoms with Gasteiger partial charge in [-0.25, -0.2) is 18.2 Å². The van der Waals surface area contributed by atoms with E-state index in [1.54, 1.807) is 0 Å². The fourth-order valence-corrected chi connectivity index (χ4v) is 2.23. The van der Waals surface area contributed by atoms with E-state index in [0.717, 1.165) is 19.4 Å². The number of ether oxygens (including phenoxy) is 1. The standard InChI is InChI=1S/C7H5Cl2NO4S/c1-14-7(11)4-2-5(15(9,12)13)6(8)10-3-4/h2-3H,1H3. The first-order valence-electron chi connectivity index (χ1n) is 3.55. The number of nitrogens with zero attached hydrogens (tertiary/aromatic N) is 1. The minimum atomic E-state index is -4.03. The lowest BCUT2D eigenvalue weighted by Gasteiger charge is -2.02. The predicted octanol–water partition coefficient (Wildman–Crippen LogP) is 1.45. The summed E-state index contributed by atoms with van der Waals surface area (Å²) in [5, 5.41) is -0.294. The number of carbonyl (C=O) groups excluding carboxylic acids is 1. The van der Waals surface area contributed by atoms with Crippen molar-refractivity contribution in [2.45, 2.75) is 4.90 Å². The van der Waals surface area contributed by atoms with Gasteiger partial charge in [-0.15, -0.1) is 0 Å². The maximum absolute atomic E-state index is 11.1. The van der Waals surface area contributed by atoms with Crippen LogP contribution in [0.15, 0.2) is 17.2 Å². The molecule has 1 aromatic heterocycles. The van der Waals surface area contributed by atoms with Crippen molar-refractivity contribution in [3.63, 3.8) is 0 Å². The Morgan fingerprint density at radius 3 is 2.60 bits per heavy atom. The first-order chi connectivity index (χ1) is 6.86. The van der Waals surface area contributed by atoms with Crippen molar-refractivity contribution >= 4 is 37.3 Å². The monoisotopic (exact) mass is 269 g/mol. The third-order valence-electron chi connectivity index (χ3n) is 1.49. The van der Waals surface area contributed by atoms with Crippen molar-refractivity contribution < 1.29 is 17.9 Å². The Bertz CT molecular complexity index is 500. The molecule has 0 spiro atoms. The summed E-state index contributed by atoms with van der Waals surface area (Å²) < 4.78 is 26.4. The second kappa shape index (κ2) is 4.34. The molecule has 1 heterocycles. The Morgan fingerprint density at radius 1 is 1.53 bits per heavy atom. The molecular weight excluding hydrogens is 265 g/mol. The van der Waals surface area contributed by atoms with Gasteiger partial charge >= 0.3 is 5.97 Å². The van der Waals surface area contributed by atoms with Crippen LogP contribution in [-0.4, -0.2) is 26.5 Å². The topological polar surface area (TPSA) is 73.3 Å². The molecule has 0 fully saturated rings. The van der Waals surface area contributed by atoms with Crippen LogP contribution < -0.4 is 0 Å². The second-order valence-corrected chi connectivity index (χ2v) is 5.33. The molecule has 0 saturated heterocycles. The Kier molecular flexibility index (Phi) is 3.54. The van der Waals surface area contributed by atoms with E-state index in [-0.39, 0.29) is 10.7 Å². The van der Waals surface area contributed by atoms with Crippen molar-refractivity contribution in [3.05, 3.63) is 23.0 Å². The average Bonchev–Trinajstić information content (AvgIpc) is 2.15. The van der Waals surface area contributed by atoms with Gasteiger partial charge in [-0.3, -0.25) is 0 Å². The fourth-order valence-electron chi connectivity index (χ4n) is 0.828. The Labute approximate surface area is 95.4 Å². The first-order valence-corrected chi connectivity index (χ1v) is 6.23. The molecule has 82 valence electrons. The number of pyridine rings is 1. The Hall–Kier alpha value is -0.850. The number of esters is 1. The summed E-state index contributed by atoms with van der Waals surface area (Å²) in [7, 11) is 2.21. The van der Waals surface area contributed by atoms with Crippen LogP contribution in [-0.2, 0) is 13.8 Å². The van der Waals surface area contributed by atoms with E-state index in [2.05, 4.69) is 9.72 Å². The van der Waals surface area contributed by atoms with Gasteiger partial charge in [-0.05, 0) is 6.07 Å². The second-order valence-electron chi connectivity index (χ2n) is 2.44. The van der Waals surface area contributed by atoms with E-state index in [1.165, 1.54) is 0 Å². The van der Waals surface area contributed by atoms with E-state index >= 15 is 0 Å². The normalized spacial score (nSPS) is 11.1. The predicted molar refractivity (Wildman–Crippen MR) is 53.6 cm³/mol. The van der Waals surface area contributed by atoms with E-state index < -0.39 is 19.9 Å². The molecule has 0 aromatic carbocycles. The van der Waals surface area contributed by atoms with Gasteiger partial charge in [0.25, 0.3) is 9.05 Å². The van der Waals surface area contributed by atoms with Crippen molar-refractivity contribution in [1.29, 1.82) is 0 Å². The lowest BCUT2D eigenvalue weighted by Crippen LogP contribution is -2.04. The zero-order valence-electron chi connectivity index (χ0n) is 7.40. The van der Waals surface area contributed by atoms with Gasteiger partial charge in [0, 0.05) is 16.9 Å². The molecule has 0 amide bonds. The largest absolute Gasteiger partial charge is 0.465 e. The van der Waals surface area contributed by atoms with Crippen LogP contribution in [0.2, 0.25) is 5.15 Å². The zero-order valence-corrected chi connectivity index (χ0v) is 9.73. The van der Waals surface area contributed by atoms with Crippen molar-refractivity contribution in [3.8, 4) is 0 Å². The summed E-state index contributed by atoms with van der Waals surface area (Å²) in [5.41, 5.74) is -0.0406. The van der Waals surface area contributed by atoms with Gasteiger partial charge in [-0.1, -0.05) is 11.6 Å².